The van der Waals surface area contributed by atoms with Crippen LogP contribution in [0.1, 0.15) is 7.43 Å². The molecule has 115 heavy (non-hydrogen) atoms. The lowest BCUT2D eigenvalue weighted by Crippen LogP contribution is -0.552. The molecule has 0 radical (unpaired) electrons. The summed E-state index contributed by atoms with van der Waals surface area (Å²) in [5.41, 5.74) is 0. The lowest BCUT2D eigenvalue weighted by molar-refractivity contribution is 2.50. The Bertz CT molecular complexity index is 332. The van der Waals surface area contributed by atoms with E-state index in [2.05, 4.69) is 750 Å². The molecular formula is C115H232. The van der Waals surface area contributed by atoms with Crippen molar-refractivity contribution in [1.29, 1.82) is 0 Å². The highest BCUT2D eigenvalue weighted by Crippen LogP contribution is 0.974. The molecule has 0 amide bonds. The van der Waals surface area contributed by atoms with Crippen LogP contribution in [0.3, 0.4) is 0 Å². The van der Waals surface area contributed by atoms with Crippen LogP contribution in [0, 0.1) is 0 Å². The molecule has 0 nitrogen and oxygen atoms in total. The summed E-state index contributed by atoms with van der Waals surface area (Å²) in [5, 5.41) is 0. The molecule has 0 aromatic carbocycles. The van der Waals surface area contributed by atoms with Gasteiger partial charge in [-0.15, -0.1) is 750 Å². The Balaban J connectivity index is -0.00000000513. The Labute approximate surface area is 752 Å². The van der Waals surface area contributed by atoms with Crippen LogP contribution in [-0.4, -0.2) is 0 Å². The molecule has 692 valence electrons. The van der Waals surface area contributed by atoms with Crippen molar-refractivity contribution in [2.75, 3.05) is 0 Å². The Morgan fingerprint density at radius 2 is 0.0261 bits per heavy atom. The van der Waals surface area contributed by atoms with Crippen LogP contribution in [0.5, 0.6) is 0 Å². The molecule has 0 aliphatic carbocycles. The molecule has 0 N–H and O–H groups in total. The van der Waals surface area contributed by atoms with E-state index in [1.165, 1.54) is 0 Å². The quantitative estimate of drug-likeness (QED) is 0.212. The van der Waals surface area contributed by atoms with Gasteiger partial charge in [0.2, 0.25) is 0 Å². The molecule has 0 heteroatoms. The maximum Gasteiger partial charge on any atom is -0.0776 e. The summed E-state index contributed by atoms with van der Waals surface area (Å²) in [6.07, 6.45) is 0. The Hall–Kier alpha value is -14.8. The number of hydrogen-bond acceptors (Lipinski definition) is 0. The SMILES string of the molecule is C.C=C.C=C.C=C.C=C.C=C.C=C.C=C.C=C.C=C.C=C.C=C.C=C.C=C.C=C.C=C.C=C.C=C.C=C.C=C.C=C.C=C.C=C.C=C.C=C.C=C.C=C.C=C.C=C.C=C.C=C.C=C.C=C.C=C.C=C.C=C.C=C.C=C.C=C.C=C.C=C.C=C.C=C.C=C.C=C.C=C.C=C.C=C.C=C.C=C.C=C.C=C.C=C.C=C.C=C.C=C.C=C.C=C. The molecule has 0 fully saturated rings. The van der Waals surface area contributed by atoms with Gasteiger partial charge < -0.3 is 0 Å². The van der Waals surface area contributed by atoms with Crippen molar-refractivity contribution >= 4 is 0 Å². The highest BCUT2D eigenvalue weighted by Gasteiger charge is 0.713. The van der Waals surface area contributed by atoms with E-state index in [4.69, 9.17) is 0 Å². The van der Waals surface area contributed by atoms with Crippen LogP contribution in [-0.2, 0) is 0 Å². The third-order valence-electron chi connectivity index (χ3n) is 0. The van der Waals surface area contributed by atoms with Gasteiger partial charge in [-0.2, -0.15) is 0 Å². The van der Waals surface area contributed by atoms with Gasteiger partial charge in [0.05, 0.1) is 0 Å². The average Bonchev–Trinajstić information content (AvgIpc) is 3.96. The largest absolute Gasteiger partial charge is 0.106 e. The number of hydrogen-bond donors (Lipinski definition) is 0. The van der Waals surface area contributed by atoms with E-state index in [-0.39, 0.29) is 7.43 Å². The molecule has 0 aromatic rings. The summed E-state index contributed by atoms with van der Waals surface area (Å²) >= 11 is 0. The van der Waals surface area contributed by atoms with Crippen molar-refractivity contribution in [2.45, 2.75) is 7.43 Å². The highest BCUT2D eigenvalue weighted by atomic mass is 12.8. The van der Waals surface area contributed by atoms with E-state index in [1.807, 2.05) is 0 Å². The van der Waals surface area contributed by atoms with Crippen molar-refractivity contribution in [1.82, 2.24) is 0 Å². The zero-order valence-corrected chi connectivity index (χ0v) is 80.6. The Kier molecular flexibility index (Phi) is 21000. The van der Waals surface area contributed by atoms with E-state index >= 15 is 0 Å². The van der Waals surface area contributed by atoms with E-state index in [0.29, 0.717) is 0 Å². The van der Waals surface area contributed by atoms with Crippen LogP contribution in [0.2, 0.25) is 0 Å². The fourth-order valence-electron chi connectivity index (χ4n) is 0. The van der Waals surface area contributed by atoms with Crippen molar-refractivity contribution in [3.05, 3.63) is 750 Å². The van der Waals surface area contributed by atoms with Gasteiger partial charge >= 0.3 is 0 Å². The molecule has 0 saturated carbocycles. The van der Waals surface area contributed by atoms with E-state index in [0.717, 1.165) is 0 Å². The van der Waals surface area contributed by atoms with Crippen LogP contribution in [0.15, 0.2) is 750 Å². The van der Waals surface area contributed by atoms with E-state index < -0.39 is 0 Å². The second-order valence-corrected chi connectivity index (χ2v) is 0. The van der Waals surface area contributed by atoms with Gasteiger partial charge in [0.25, 0.3) is 0 Å². The molecule has 0 heterocycles. The third-order valence-corrected chi connectivity index (χ3v) is 0. The summed E-state index contributed by atoms with van der Waals surface area (Å²) in [6, 6.07) is 0. The molecule has 0 saturated heterocycles. The van der Waals surface area contributed by atoms with Crippen molar-refractivity contribution < 1.29 is 0 Å². The van der Waals surface area contributed by atoms with Gasteiger partial charge in [0.1, 0.15) is 0 Å². The maximum atomic E-state index is 3.00. The van der Waals surface area contributed by atoms with Crippen molar-refractivity contribution in [3.8, 4) is 0 Å². The predicted molar refractivity (Wildman–Crippen MR) is 648 cm³/mol. The topological polar surface area (TPSA) is 0 Å². The van der Waals surface area contributed by atoms with Crippen LogP contribution < -0.4 is 0 Å². The average molecular weight is 1620 g/mol. The van der Waals surface area contributed by atoms with Gasteiger partial charge in [-0.25, -0.2) is 0 Å². The zero-order chi connectivity index (χ0) is 114. The van der Waals surface area contributed by atoms with Crippen molar-refractivity contribution in [3.63, 3.8) is 0 Å². The molecule has 0 unspecified atom stereocenters. The first-order valence-electron chi connectivity index (χ1n) is 28.5. The first-order valence-corrected chi connectivity index (χ1v) is 28.5. The smallest absolute Gasteiger partial charge is 0.0776 e. The summed E-state index contributed by atoms with van der Waals surface area (Å²) in [7, 11) is 0. The second-order valence-electron chi connectivity index (χ2n) is 0. The third kappa shape index (κ3) is 4260. The maximum absolute atomic E-state index is 3.00. The summed E-state index contributed by atoms with van der Waals surface area (Å²) in [4.78, 5) is 0. The summed E-state index contributed by atoms with van der Waals surface area (Å²) in [5.74, 6) is 0. The normalized spacial score (nSPS) is 1.98. The Morgan fingerprint density at radius 3 is 0.0261 bits per heavy atom. The first-order chi connectivity index (χ1) is 57.0. The summed E-state index contributed by atoms with van der Waals surface area (Å²) in [6.45, 7) is 342. The molecule has 0 bridgehead atoms. The van der Waals surface area contributed by atoms with Crippen LogP contribution >= 0.6 is 0 Å². The molecule has 0 spiro atoms. The lowest BCUT2D eigenvalue weighted by Gasteiger charge is -0.813. The van der Waals surface area contributed by atoms with E-state index in [9.17, 15) is 0 Å². The minimum absolute atomic E-state index is 0. The predicted octanol–water partition coefficient (Wildman–Crippen LogP) is 46.4. The lowest BCUT2D eigenvalue weighted by atomic mass is 11.3. The molecule has 0 aliphatic heterocycles. The minimum atomic E-state index is 0. The van der Waals surface area contributed by atoms with Gasteiger partial charge in [-0.05, 0) is 0 Å². The monoisotopic (exact) mass is 1610 g/mol. The molecule has 0 rings (SSSR count). The first kappa shape index (κ1) is 554. The molecule has 0 aromatic heterocycles. The van der Waals surface area contributed by atoms with E-state index in [1.54, 1.807) is 0 Å². The molecule has 0 atom stereocenters. The van der Waals surface area contributed by atoms with Gasteiger partial charge in [0, 0.05) is 0 Å². The number of rotatable bonds is 0. The minimum Gasteiger partial charge on any atom is -0.106 e. The summed E-state index contributed by atoms with van der Waals surface area (Å²) < 4.78 is 0. The highest BCUT2D eigenvalue weighted by molar-refractivity contribution is 4.33. The van der Waals surface area contributed by atoms with Gasteiger partial charge in [-0.3, -0.25) is 0 Å². The Morgan fingerprint density at radius 1 is 0.0261 bits per heavy atom. The second kappa shape index (κ2) is 4350. The molecular weight excluding hydrogens is 1380 g/mol. The fraction of sp³-hybridized carbons (Fsp3) is 0.00870. The van der Waals surface area contributed by atoms with Crippen molar-refractivity contribution in [2.24, 2.45) is 0 Å². The fourth-order valence-corrected chi connectivity index (χ4v) is 0. The van der Waals surface area contributed by atoms with Crippen LogP contribution in [0.25, 0.3) is 0 Å². The zero-order valence-electron chi connectivity index (χ0n) is 80.6. The molecule has 0 aliphatic rings. The standard InChI is InChI=1S/57C2H4.CH4/c57*1-2;/h57*1-2H2;1H4. The van der Waals surface area contributed by atoms with Crippen LogP contribution in [0.4, 0.5) is 0 Å². The van der Waals surface area contributed by atoms with Gasteiger partial charge in [0.15, 0.2) is 0 Å². The van der Waals surface area contributed by atoms with Gasteiger partial charge in [-0.1, -0.05) is 7.43 Å².